The number of benzene rings is 1. The third kappa shape index (κ3) is 5.08. The SMILES string of the molecule is CCOc1cc(C(=O)Nc2nnc(C3CC3)s2)ccc1OCC(=O)N1CCCCC1. The van der Waals surface area contributed by atoms with E-state index in [1.165, 1.54) is 17.8 Å². The van der Waals surface area contributed by atoms with Crippen molar-refractivity contribution in [1.82, 2.24) is 15.1 Å². The smallest absolute Gasteiger partial charge is 0.260 e. The lowest BCUT2D eigenvalue weighted by molar-refractivity contribution is -0.134. The average Bonchev–Trinajstić information content (AvgIpc) is 3.52. The van der Waals surface area contributed by atoms with Crippen molar-refractivity contribution in [2.24, 2.45) is 0 Å². The van der Waals surface area contributed by atoms with Crippen molar-refractivity contribution in [1.29, 1.82) is 0 Å². The Bertz CT molecular complexity index is 906. The average molecular weight is 431 g/mol. The monoisotopic (exact) mass is 430 g/mol. The quantitative estimate of drug-likeness (QED) is 0.689. The number of anilines is 1. The lowest BCUT2D eigenvalue weighted by atomic mass is 10.1. The maximum Gasteiger partial charge on any atom is 0.260 e. The number of ether oxygens (including phenoxy) is 2. The lowest BCUT2D eigenvalue weighted by Crippen LogP contribution is -2.38. The molecule has 1 N–H and O–H groups in total. The summed E-state index contributed by atoms with van der Waals surface area (Å²) in [6.45, 7) is 3.81. The molecule has 0 unspecified atom stereocenters. The second kappa shape index (κ2) is 9.42. The highest BCUT2D eigenvalue weighted by molar-refractivity contribution is 7.15. The van der Waals surface area contributed by atoms with Crippen molar-refractivity contribution >= 4 is 28.3 Å². The number of nitrogens with one attached hydrogen (secondary N) is 1. The minimum atomic E-state index is -0.287. The second-order valence-electron chi connectivity index (χ2n) is 7.50. The van der Waals surface area contributed by atoms with E-state index >= 15 is 0 Å². The van der Waals surface area contributed by atoms with Crippen molar-refractivity contribution in [3.8, 4) is 11.5 Å². The van der Waals surface area contributed by atoms with E-state index in [2.05, 4.69) is 15.5 Å². The van der Waals surface area contributed by atoms with Gasteiger partial charge >= 0.3 is 0 Å². The zero-order chi connectivity index (χ0) is 20.9. The molecule has 9 heteroatoms. The van der Waals surface area contributed by atoms with E-state index in [0.717, 1.165) is 43.8 Å². The van der Waals surface area contributed by atoms with Crippen LogP contribution in [0.25, 0.3) is 0 Å². The molecule has 2 aromatic rings. The third-order valence-corrected chi connectivity index (χ3v) is 6.15. The molecule has 0 radical (unpaired) electrons. The Balaban J connectivity index is 1.39. The summed E-state index contributed by atoms with van der Waals surface area (Å²) in [5.41, 5.74) is 0.427. The van der Waals surface area contributed by atoms with Crippen LogP contribution in [0.15, 0.2) is 18.2 Å². The molecule has 1 aromatic heterocycles. The summed E-state index contributed by atoms with van der Waals surface area (Å²) in [5, 5.41) is 12.4. The maximum absolute atomic E-state index is 12.6. The Labute approximate surface area is 179 Å². The van der Waals surface area contributed by atoms with Gasteiger partial charge in [-0.25, -0.2) is 0 Å². The van der Waals surface area contributed by atoms with Crippen molar-refractivity contribution in [3.63, 3.8) is 0 Å². The highest BCUT2D eigenvalue weighted by Crippen LogP contribution is 2.42. The van der Waals surface area contributed by atoms with E-state index in [-0.39, 0.29) is 18.4 Å². The van der Waals surface area contributed by atoms with Crippen molar-refractivity contribution in [2.75, 3.05) is 31.6 Å². The van der Waals surface area contributed by atoms with Gasteiger partial charge in [0.1, 0.15) is 5.01 Å². The molecule has 1 aliphatic heterocycles. The van der Waals surface area contributed by atoms with Crippen LogP contribution in [0.3, 0.4) is 0 Å². The molecule has 4 rings (SSSR count). The van der Waals surface area contributed by atoms with E-state index in [1.54, 1.807) is 18.2 Å². The Hall–Kier alpha value is -2.68. The highest BCUT2D eigenvalue weighted by atomic mass is 32.1. The summed E-state index contributed by atoms with van der Waals surface area (Å²) >= 11 is 1.42. The van der Waals surface area contributed by atoms with E-state index in [4.69, 9.17) is 9.47 Å². The van der Waals surface area contributed by atoms with Crippen LogP contribution in [-0.4, -0.2) is 53.2 Å². The van der Waals surface area contributed by atoms with Gasteiger partial charge in [-0.1, -0.05) is 11.3 Å². The topological polar surface area (TPSA) is 93.6 Å². The van der Waals surface area contributed by atoms with Gasteiger partial charge in [0.25, 0.3) is 11.8 Å². The number of hydrogen-bond acceptors (Lipinski definition) is 7. The number of aromatic nitrogens is 2. The fraction of sp³-hybridized carbons (Fsp3) is 0.524. The van der Waals surface area contributed by atoms with Crippen molar-refractivity contribution in [2.45, 2.75) is 44.9 Å². The summed E-state index contributed by atoms with van der Waals surface area (Å²) < 4.78 is 11.4. The normalized spacial score (nSPS) is 16.2. The molecule has 2 heterocycles. The summed E-state index contributed by atoms with van der Waals surface area (Å²) in [6.07, 6.45) is 5.53. The Morgan fingerprint density at radius 3 is 2.67 bits per heavy atom. The van der Waals surface area contributed by atoms with Crippen molar-refractivity contribution < 1.29 is 19.1 Å². The van der Waals surface area contributed by atoms with Gasteiger partial charge in [-0.2, -0.15) is 0 Å². The van der Waals surface area contributed by atoms with E-state index in [1.807, 2.05) is 11.8 Å². The first-order chi connectivity index (χ1) is 14.6. The predicted molar refractivity (Wildman–Crippen MR) is 113 cm³/mol. The summed E-state index contributed by atoms with van der Waals surface area (Å²) in [4.78, 5) is 26.8. The molecule has 0 bridgehead atoms. The van der Waals surface area contributed by atoms with Gasteiger partial charge in [0.15, 0.2) is 18.1 Å². The maximum atomic E-state index is 12.6. The number of amides is 2. The molecular weight excluding hydrogens is 404 g/mol. The van der Waals surface area contributed by atoms with E-state index in [9.17, 15) is 9.59 Å². The molecule has 0 atom stereocenters. The summed E-state index contributed by atoms with van der Waals surface area (Å²) in [6, 6.07) is 4.95. The van der Waals surface area contributed by atoms with Crippen LogP contribution in [0.1, 0.15) is 60.3 Å². The Kier molecular flexibility index (Phi) is 6.47. The van der Waals surface area contributed by atoms with Gasteiger partial charge in [0.05, 0.1) is 6.61 Å². The number of hydrogen-bond donors (Lipinski definition) is 1. The lowest BCUT2D eigenvalue weighted by Gasteiger charge is -2.26. The van der Waals surface area contributed by atoms with Gasteiger partial charge in [0.2, 0.25) is 5.13 Å². The number of likely N-dealkylation sites (tertiary alicyclic amines) is 1. The van der Waals surface area contributed by atoms with Crippen LogP contribution in [0.2, 0.25) is 0 Å². The minimum Gasteiger partial charge on any atom is -0.490 e. The highest BCUT2D eigenvalue weighted by Gasteiger charge is 2.28. The van der Waals surface area contributed by atoms with Crippen LogP contribution in [0.4, 0.5) is 5.13 Å². The summed E-state index contributed by atoms with van der Waals surface area (Å²) in [7, 11) is 0. The van der Waals surface area contributed by atoms with Crippen LogP contribution in [-0.2, 0) is 4.79 Å². The largest absolute Gasteiger partial charge is 0.490 e. The van der Waals surface area contributed by atoms with E-state index < -0.39 is 0 Å². The number of carbonyl (C=O) groups is 2. The molecule has 2 fully saturated rings. The van der Waals surface area contributed by atoms with Gasteiger partial charge in [0, 0.05) is 24.6 Å². The molecule has 2 amide bonds. The molecule has 2 aliphatic rings. The molecule has 1 saturated carbocycles. The molecule has 1 saturated heterocycles. The molecule has 1 aliphatic carbocycles. The Morgan fingerprint density at radius 1 is 1.13 bits per heavy atom. The molecular formula is C21H26N4O4S. The van der Waals surface area contributed by atoms with E-state index in [0.29, 0.717) is 34.7 Å². The fourth-order valence-electron chi connectivity index (χ4n) is 3.36. The first kappa shape index (κ1) is 20.6. The zero-order valence-corrected chi connectivity index (χ0v) is 17.9. The molecule has 30 heavy (non-hydrogen) atoms. The first-order valence-electron chi connectivity index (χ1n) is 10.5. The summed E-state index contributed by atoms with van der Waals surface area (Å²) in [5.74, 6) is 1.08. The molecule has 160 valence electrons. The number of piperidine rings is 1. The molecule has 8 nitrogen and oxygen atoms in total. The van der Waals surface area contributed by atoms with Gasteiger partial charge < -0.3 is 14.4 Å². The van der Waals surface area contributed by atoms with Gasteiger partial charge in [-0.05, 0) is 57.2 Å². The standard InChI is InChI=1S/C21H26N4O4S/c1-2-28-17-12-15(19(27)22-21-24-23-20(30-21)14-6-7-14)8-9-16(17)29-13-18(26)25-10-4-3-5-11-25/h8-9,12,14H,2-7,10-11,13H2,1H3,(H,22,24,27). The third-order valence-electron chi connectivity index (χ3n) is 5.15. The Morgan fingerprint density at radius 2 is 1.93 bits per heavy atom. The zero-order valence-electron chi connectivity index (χ0n) is 17.1. The predicted octanol–water partition coefficient (Wildman–Crippen LogP) is 3.46. The minimum absolute atomic E-state index is 0.0262. The molecule has 0 spiro atoms. The van der Waals surface area contributed by atoms with Crippen molar-refractivity contribution in [3.05, 3.63) is 28.8 Å². The van der Waals surface area contributed by atoms with Crippen LogP contribution in [0.5, 0.6) is 11.5 Å². The van der Waals surface area contributed by atoms with Crippen LogP contribution < -0.4 is 14.8 Å². The van der Waals surface area contributed by atoms with Crippen LogP contribution >= 0.6 is 11.3 Å². The number of rotatable bonds is 8. The number of carbonyl (C=O) groups excluding carboxylic acids is 2. The number of nitrogens with zero attached hydrogens (tertiary/aromatic N) is 3. The molecule has 1 aromatic carbocycles. The van der Waals surface area contributed by atoms with Gasteiger partial charge in [-0.15, -0.1) is 10.2 Å². The van der Waals surface area contributed by atoms with Crippen LogP contribution in [0, 0.1) is 0 Å². The second-order valence-corrected chi connectivity index (χ2v) is 8.51. The fourth-order valence-corrected chi connectivity index (χ4v) is 4.27. The van der Waals surface area contributed by atoms with Gasteiger partial charge in [-0.3, -0.25) is 14.9 Å². The first-order valence-corrected chi connectivity index (χ1v) is 11.3.